The van der Waals surface area contributed by atoms with Gasteiger partial charge in [0.2, 0.25) is 15.9 Å². The first-order valence-electron chi connectivity index (χ1n) is 8.70. The van der Waals surface area contributed by atoms with E-state index in [0.717, 1.165) is 19.1 Å². The molecule has 0 heterocycles. The van der Waals surface area contributed by atoms with Crippen LogP contribution in [0.5, 0.6) is 0 Å². The second-order valence-electron chi connectivity index (χ2n) is 6.49. The van der Waals surface area contributed by atoms with Gasteiger partial charge in [-0.15, -0.1) is 0 Å². The van der Waals surface area contributed by atoms with E-state index < -0.39 is 34.1 Å². The van der Waals surface area contributed by atoms with Gasteiger partial charge < -0.3 is 21.5 Å². The summed E-state index contributed by atoms with van der Waals surface area (Å²) in [4.78, 5) is 28.1. The van der Waals surface area contributed by atoms with Gasteiger partial charge in [0.25, 0.3) is 5.91 Å². The van der Waals surface area contributed by atoms with Gasteiger partial charge >= 0.3 is 0 Å². The normalized spacial score (nSPS) is 22.7. The second kappa shape index (κ2) is 9.70. The van der Waals surface area contributed by atoms with Crippen molar-refractivity contribution in [2.45, 2.75) is 64.3 Å². The van der Waals surface area contributed by atoms with E-state index in [1.165, 1.54) is 13.0 Å². The van der Waals surface area contributed by atoms with Crippen molar-refractivity contribution < 1.29 is 22.7 Å². The minimum Gasteiger partial charge on any atom is -0.370 e. The minimum atomic E-state index is -3.73. The molecule has 0 unspecified atom stereocenters. The van der Waals surface area contributed by atoms with Crippen LogP contribution < -0.4 is 21.5 Å². The van der Waals surface area contributed by atoms with Gasteiger partial charge in [-0.3, -0.25) is 9.59 Å². The van der Waals surface area contributed by atoms with Gasteiger partial charge in [-0.05, 0) is 18.9 Å². The van der Waals surface area contributed by atoms with Gasteiger partial charge in [0.15, 0.2) is 5.96 Å². The molecule has 11 heteroatoms. The fourth-order valence-electron chi connectivity index (χ4n) is 2.90. The number of sulfonamides is 1. The molecule has 0 radical (unpaired) electrons. The summed E-state index contributed by atoms with van der Waals surface area (Å²) in [6.07, 6.45) is 3.11. The Morgan fingerprint density at radius 3 is 2.37 bits per heavy atom. The van der Waals surface area contributed by atoms with Crippen LogP contribution in [0.25, 0.3) is 0 Å². The van der Waals surface area contributed by atoms with Gasteiger partial charge in [-0.2, -0.15) is 0 Å². The molecule has 2 amide bonds. The van der Waals surface area contributed by atoms with Gasteiger partial charge in [-0.25, -0.2) is 18.1 Å². The van der Waals surface area contributed by atoms with Crippen molar-refractivity contribution in [3.63, 3.8) is 0 Å². The lowest BCUT2D eigenvalue weighted by molar-refractivity contribution is -0.121. The lowest BCUT2D eigenvalue weighted by Gasteiger charge is -2.36. The molecule has 27 heavy (non-hydrogen) atoms. The Morgan fingerprint density at radius 2 is 1.93 bits per heavy atom. The summed E-state index contributed by atoms with van der Waals surface area (Å²) < 4.78 is 30.8. The predicted octanol–water partition coefficient (Wildman–Crippen LogP) is -0.887. The molecule has 3 atom stereocenters. The largest absolute Gasteiger partial charge is 0.370 e. The molecule has 6 N–H and O–H groups in total. The van der Waals surface area contributed by atoms with Crippen molar-refractivity contribution >= 4 is 27.8 Å². The Bertz CT molecular complexity index is 711. The van der Waals surface area contributed by atoms with Crippen LogP contribution >= 0.6 is 0 Å². The van der Waals surface area contributed by atoms with E-state index in [0.29, 0.717) is 0 Å². The zero-order chi connectivity index (χ0) is 20.8. The molecular formula is C16H29N5O5S. The van der Waals surface area contributed by atoms with Crippen LogP contribution in [-0.4, -0.2) is 56.7 Å². The maximum Gasteiger partial charge on any atom is 0.260 e. The van der Waals surface area contributed by atoms with Crippen LogP contribution in [-0.2, 0) is 24.3 Å². The number of carbonyl (C=O) groups is 2. The zero-order valence-electron chi connectivity index (χ0n) is 16.1. The highest BCUT2D eigenvalue weighted by Gasteiger charge is 2.37. The standard InChI is InChI=1S/C16H29N5O5S/c1-5-11(6-2)26-13-8-10(15(23)21-27(4,24)25)7-12(20-16(17)18)14(13)19-9(3)22/h8,11-14H,5-7H2,1-4H3,(H,19,22)(H,21,23)(H4,17,18,20)/t12-,13+,14+/m0/s1. The van der Waals surface area contributed by atoms with Gasteiger partial charge in [0, 0.05) is 18.9 Å². The summed E-state index contributed by atoms with van der Waals surface area (Å²) >= 11 is 0. The van der Waals surface area contributed by atoms with Gasteiger partial charge in [0.1, 0.15) is 0 Å². The summed E-state index contributed by atoms with van der Waals surface area (Å²) in [6, 6.07) is -1.27. The maximum atomic E-state index is 12.3. The number of hydrogen-bond donors (Lipinski definition) is 4. The second-order valence-corrected chi connectivity index (χ2v) is 8.23. The average Bonchev–Trinajstić information content (AvgIpc) is 2.52. The van der Waals surface area contributed by atoms with Crippen LogP contribution in [0.2, 0.25) is 0 Å². The summed E-state index contributed by atoms with van der Waals surface area (Å²) in [7, 11) is -3.73. The van der Waals surface area contributed by atoms with Crippen molar-refractivity contribution in [2.24, 2.45) is 16.5 Å². The van der Waals surface area contributed by atoms with Crippen molar-refractivity contribution in [3.8, 4) is 0 Å². The molecule has 1 rings (SSSR count). The fraction of sp³-hybridized carbons (Fsp3) is 0.688. The highest BCUT2D eigenvalue weighted by molar-refractivity contribution is 7.89. The molecule has 0 aliphatic heterocycles. The monoisotopic (exact) mass is 403 g/mol. The molecule has 0 bridgehead atoms. The number of nitrogens with two attached hydrogens (primary N) is 2. The SMILES string of the molecule is CCC(CC)O[C@@H]1C=C(C(=O)NS(C)(=O)=O)C[C@H](N=C(N)N)[C@H]1NC(C)=O. The number of carbonyl (C=O) groups excluding carboxylic acids is 2. The highest BCUT2D eigenvalue weighted by atomic mass is 32.2. The van der Waals surface area contributed by atoms with Crippen molar-refractivity contribution in [2.75, 3.05) is 6.26 Å². The van der Waals surface area contributed by atoms with Crippen molar-refractivity contribution in [3.05, 3.63) is 11.6 Å². The summed E-state index contributed by atoms with van der Waals surface area (Å²) in [5.74, 6) is -1.28. The van der Waals surface area contributed by atoms with Gasteiger partial charge in [-0.1, -0.05) is 13.8 Å². The number of nitrogens with zero attached hydrogens (tertiary/aromatic N) is 1. The molecule has 0 saturated carbocycles. The number of nitrogens with one attached hydrogen (secondary N) is 2. The predicted molar refractivity (Wildman–Crippen MR) is 102 cm³/mol. The Morgan fingerprint density at radius 1 is 1.33 bits per heavy atom. The molecule has 0 aromatic heterocycles. The Balaban J connectivity index is 3.31. The van der Waals surface area contributed by atoms with Crippen molar-refractivity contribution in [1.82, 2.24) is 10.0 Å². The average molecular weight is 404 g/mol. The number of amides is 2. The molecule has 1 aliphatic rings. The quantitative estimate of drug-likeness (QED) is 0.301. The van der Waals surface area contributed by atoms with E-state index in [2.05, 4.69) is 10.3 Å². The topological polar surface area (TPSA) is 166 Å². The third-order valence-electron chi connectivity index (χ3n) is 4.08. The van der Waals surface area contributed by atoms with E-state index in [1.807, 2.05) is 18.6 Å². The number of ether oxygens (including phenoxy) is 1. The Labute approximate surface area is 159 Å². The van der Waals surface area contributed by atoms with Crippen LogP contribution in [0.3, 0.4) is 0 Å². The number of guanidine groups is 1. The summed E-state index contributed by atoms with van der Waals surface area (Å²) in [6.45, 7) is 5.27. The van der Waals surface area contributed by atoms with E-state index in [-0.39, 0.29) is 30.0 Å². The van der Waals surface area contributed by atoms with Crippen LogP contribution in [0.1, 0.15) is 40.0 Å². The van der Waals surface area contributed by atoms with Gasteiger partial charge in [0.05, 0.1) is 30.5 Å². The number of hydrogen-bond acceptors (Lipinski definition) is 6. The Hall–Kier alpha value is -2.14. The molecular weight excluding hydrogens is 374 g/mol. The van der Waals surface area contributed by atoms with E-state index in [9.17, 15) is 18.0 Å². The zero-order valence-corrected chi connectivity index (χ0v) is 16.9. The number of aliphatic imine (C=N–C) groups is 1. The Kier molecular flexibility index (Phi) is 8.22. The third-order valence-corrected chi connectivity index (χ3v) is 4.63. The molecule has 1 aliphatic carbocycles. The van der Waals surface area contributed by atoms with Crippen LogP contribution in [0, 0.1) is 0 Å². The van der Waals surface area contributed by atoms with Crippen LogP contribution in [0.4, 0.5) is 0 Å². The number of rotatable bonds is 8. The first-order chi connectivity index (χ1) is 12.5. The maximum absolute atomic E-state index is 12.3. The lowest BCUT2D eigenvalue weighted by Crippen LogP contribution is -2.54. The van der Waals surface area contributed by atoms with E-state index >= 15 is 0 Å². The first kappa shape index (κ1) is 22.9. The molecule has 0 saturated heterocycles. The third kappa shape index (κ3) is 7.55. The summed E-state index contributed by atoms with van der Waals surface area (Å²) in [5.41, 5.74) is 11.2. The fourth-order valence-corrected chi connectivity index (χ4v) is 3.37. The molecule has 0 aromatic carbocycles. The first-order valence-corrected chi connectivity index (χ1v) is 10.6. The smallest absolute Gasteiger partial charge is 0.260 e. The molecule has 10 nitrogen and oxygen atoms in total. The molecule has 0 aromatic rings. The molecule has 154 valence electrons. The highest BCUT2D eigenvalue weighted by Crippen LogP contribution is 2.26. The molecule has 0 fully saturated rings. The van der Waals surface area contributed by atoms with Crippen LogP contribution in [0.15, 0.2) is 16.6 Å². The summed E-state index contributed by atoms with van der Waals surface area (Å²) in [5, 5.41) is 2.77. The van der Waals surface area contributed by atoms with E-state index in [4.69, 9.17) is 16.2 Å². The lowest BCUT2D eigenvalue weighted by atomic mass is 9.87. The van der Waals surface area contributed by atoms with E-state index in [1.54, 1.807) is 0 Å². The molecule has 0 spiro atoms. The van der Waals surface area contributed by atoms with Crippen molar-refractivity contribution in [1.29, 1.82) is 0 Å². The minimum absolute atomic E-state index is 0.0486.